The molecule has 1 saturated heterocycles. The molecule has 0 amide bonds. The maximum absolute atomic E-state index is 5.66. The van der Waals surface area contributed by atoms with E-state index in [1.54, 1.807) is 0 Å². The van der Waals surface area contributed by atoms with Gasteiger partial charge in [-0.25, -0.2) is 0 Å². The first kappa shape index (κ1) is 11.1. The molecule has 2 heterocycles. The van der Waals surface area contributed by atoms with E-state index in [0.29, 0.717) is 11.5 Å². The van der Waals surface area contributed by atoms with Crippen LogP contribution in [0.4, 0.5) is 0 Å². The molecule has 3 heteroatoms. The second-order valence-corrected chi connectivity index (χ2v) is 5.41. The van der Waals surface area contributed by atoms with Crippen LogP contribution in [0.15, 0.2) is 24.3 Å². The molecule has 1 aromatic rings. The molecule has 1 fully saturated rings. The summed E-state index contributed by atoms with van der Waals surface area (Å²) in [5.41, 5.74) is 1.62. The number of fused-ring (bicyclic) bond motifs is 1. The molecule has 0 aromatic heterocycles. The Bertz CT molecular complexity index is 401. The predicted octanol–water partition coefficient (Wildman–Crippen LogP) is 2.14. The van der Waals surface area contributed by atoms with Gasteiger partial charge in [0.25, 0.3) is 0 Å². The Morgan fingerprint density at radius 2 is 2.18 bits per heavy atom. The van der Waals surface area contributed by atoms with Gasteiger partial charge in [0.15, 0.2) is 0 Å². The Labute approximate surface area is 102 Å². The van der Waals surface area contributed by atoms with E-state index in [2.05, 4.69) is 30.4 Å². The highest BCUT2D eigenvalue weighted by Gasteiger charge is 2.34. The Kier molecular flexibility index (Phi) is 2.81. The van der Waals surface area contributed by atoms with Crippen molar-refractivity contribution in [3.63, 3.8) is 0 Å². The molecule has 1 unspecified atom stereocenters. The molecule has 1 aromatic carbocycles. The normalized spacial score (nSPS) is 25.6. The van der Waals surface area contributed by atoms with Crippen molar-refractivity contribution >= 4 is 0 Å². The number of hydrogen-bond donors (Lipinski definition) is 1. The third-order valence-electron chi connectivity index (χ3n) is 3.63. The van der Waals surface area contributed by atoms with Gasteiger partial charge in [-0.3, -0.25) is 0 Å². The number of benzene rings is 1. The molecule has 0 spiro atoms. The van der Waals surface area contributed by atoms with Gasteiger partial charge in [0.1, 0.15) is 5.75 Å². The van der Waals surface area contributed by atoms with E-state index in [4.69, 9.17) is 9.47 Å². The lowest BCUT2D eigenvalue weighted by Crippen LogP contribution is -2.48. The summed E-state index contributed by atoms with van der Waals surface area (Å²) in [4.78, 5) is 0. The molecule has 1 N–H and O–H groups in total. The van der Waals surface area contributed by atoms with Crippen molar-refractivity contribution in [1.29, 1.82) is 0 Å². The van der Waals surface area contributed by atoms with E-state index in [0.717, 1.165) is 38.5 Å². The van der Waals surface area contributed by atoms with E-state index >= 15 is 0 Å². The third-order valence-corrected chi connectivity index (χ3v) is 3.63. The first-order valence-corrected chi connectivity index (χ1v) is 6.30. The minimum atomic E-state index is 0.327. The zero-order chi connectivity index (χ0) is 11.7. The minimum Gasteiger partial charge on any atom is -0.493 e. The van der Waals surface area contributed by atoms with Crippen LogP contribution < -0.4 is 10.1 Å². The summed E-state index contributed by atoms with van der Waals surface area (Å²) in [5.74, 6) is 1.03. The van der Waals surface area contributed by atoms with Crippen molar-refractivity contribution in [3.8, 4) is 5.75 Å². The highest BCUT2D eigenvalue weighted by Crippen LogP contribution is 2.33. The lowest BCUT2D eigenvalue weighted by atomic mass is 9.88. The van der Waals surface area contributed by atoms with Crippen molar-refractivity contribution in [3.05, 3.63) is 29.8 Å². The van der Waals surface area contributed by atoms with Gasteiger partial charge in [-0.05, 0) is 6.07 Å². The lowest BCUT2D eigenvalue weighted by molar-refractivity contribution is -0.100. The molecule has 92 valence electrons. The van der Waals surface area contributed by atoms with Gasteiger partial charge in [0.2, 0.25) is 0 Å². The van der Waals surface area contributed by atoms with Crippen molar-refractivity contribution in [2.75, 3.05) is 26.4 Å². The monoisotopic (exact) mass is 233 g/mol. The van der Waals surface area contributed by atoms with Gasteiger partial charge in [0, 0.05) is 30.0 Å². The summed E-state index contributed by atoms with van der Waals surface area (Å²) < 4.78 is 10.9. The predicted molar refractivity (Wildman–Crippen MR) is 66.2 cm³/mol. The third kappa shape index (κ3) is 2.17. The Hall–Kier alpha value is -1.06. The molecule has 0 bridgehead atoms. The summed E-state index contributed by atoms with van der Waals surface area (Å²) in [5, 5.41) is 3.66. The minimum absolute atomic E-state index is 0.327. The number of rotatable bonds is 3. The summed E-state index contributed by atoms with van der Waals surface area (Å²) >= 11 is 0. The Morgan fingerprint density at radius 3 is 2.94 bits per heavy atom. The van der Waals surface area contributed by atoms with Gasteiger partial charge < -0.3 is 14.8 Å². The topological polar surface area (TPSA) is 30.5 Å². The van der Waals surface area contributed by atoms with Crippen LogP contribution in [0.25, 0.3) is 0 Å². The quantitative estimate of drug-likeness (QED) is 0.867. The van der Waals surface area contributed by atoms with Crippen molar-refractivity contribution in [1.82, 2.24) is 5.32 Å². The van der Waals surface area contributed by atoms with Gasteiger partial charge in [-0.2, -0.15) is 0 Å². The van der Waals surface area contributed by atoms with E-state index < -0.39 is 0 Å². The smallest absolute Gasteiger partial charge is 0.124 e. The highest BCUT2D eigenvalue weighted by molar-refractivity contribution is 5.37. The standard InChI is InChI=1S/C14H19NO2/c1-14(9-16-10-14)8-15-12-6-7-17-13-5-3-2-4-11(12)13/h2-5,12,15H,6-10H2,1H3. The average molecular weight is 233 g/mol. The Morgan fingerprint density at radius 1 is 1.35 bits per heavy atom. The fourth-order valence-electron chi connectivity index (χ4n) is 2.48. The van der Waals surface area contributed by atoms with Crippen LogP contribution in [0.2, 0.25) is 0 Å². The molecule has 0 saturated carbocycles. The molecular weight excluding hydrogens is 214 g/mol. The zero-order valence-electron chi connectivity index (χ0n) is 10.2. The fraction of sp³-hybridized carbons (Fsp3) is 0.571. The second-order valence-electron chi connectivity index (χ2n) is 5.41. The second kappa shape index (κ2) is 4.31. The van der Waals surface area contributed by atoms with Crippen LogP contribution >= 0.6 is 0 Å². The van der Waals surface area contributed by atoms with Crippen LogP contribution in [0, 0.1) is 5.41 Å². The molecule has 1 atom stereocenters. The highest BCUT2D eigenvalue weighted by atomic mass is 16.5. The van der Waals surface area contributed by atoms with Gasteiger partial charge in [-0.1, -0.05) is 25.1 Å². The molecule has 2 aliphatic heterocycles. The zero-order valence-corrected chi connectivity index (χ0v) is 10.2. The van der Waals surface area contributed by atoms with Crippen LogP contribution in [0.5, 0.6) is 5.75 Å². The molecule has 3 nitrogen and oxygen atoms in total. The van der Waals surface area contributed by atoms with E-state index in [1.165, 1.54) is 5.56 Å². The summed E-state index contributed by atoms with van der Waals surface area (Å²) in [7, 11) is 0. The maximum Gasteiger partial charge on any atom is 0.124 e. The molecule has 3 rings (SSSR count). The van der Waals surface area contributed by atoms with Gasteiger partial charge in [-0.15, -0.1) is 0 Å². The Balaban J connectivity index is 1.68. The largest absolute Gasteiger partial charge is 0.493 e. The van der Waals surface area contributed by atoms with Crippen LogP contribution in [-0.4, -0.2) is 26.4 Å². The first-order valence-electron chi connectivity index (χ1n) is 6.30. The number of nitrogens with one attached hydrogen (secondary N) is 1. The summed E-state index contributed by atoms with van der Waals surface area (Å²) in [6.45, 7) is 5.86. The summed E-state index contributed by atoms with van der Waals surface area (Å²) in [6, 6.07) is 8.75. The van der Waals surface area contributed by atoms with E-state index in [1.807, 2.05) is 6.07 Å². The molecular formula is C14H19NO2. The van der Waals surface area contributed by atoms with Crippen molar-refractivity contribution in [2.24, 2.45) is 5.41 Å². The molecule has 17 heavy (non-hydrogen) atoms. The number of para-hydroxylation sites is 1. The molecule has 0 aliphatic carbocycles. The number of hydrogen-bond acceptors (Lipinski definition) is 3. The first-order chi connectivity index (χ1) is 8.27. The van der Waals surface area contributed by atoms with E-state index in [9.17, 15) is 0 Å². The van der Waals surface area contributed by atoms with Crippen molar-refractivity contribution < 1.29 is 9.47 Å². The van der Waals surface area contributed by atoms with E-state index in [-0.39, 0.29) is 0 Å². The molecule has 0 radical (unpaired) electrons. The molecule has 2 aliphatic rings. The van der Waals surface area contributed by atoms with Crippen molar-refractivity contribution in [2.45, 2.75) is 19.4 Å². The summed E-state index contributed by atoms with van der Waals surface area (Å²) in [6.07, 6.45) is 1.05. The number of ether oxygens (including phenoxy) is 2. The SMILES string of the molecule is CC1(CNC2CCOc3ccccc32)COC1. The maximum atomic E-state index is 5.66. The van der Waals surface area contributed by atoms with Gasteiger partial charge in [0.05, 0.1) is 19.8 Å². The average Bonchev–Trinajstić information content (AvgIpc) is 2.34. The van der Waals surface area contributed by atoms with Gasteiger partial charge >= 0.3 is 0 Å². The lowest BCUT2D eigenvalue weighted by Gasteiger charge is -2.40. The van der Waals surface area contributed by atoms with Crippen LogP contribution in [0.3, 0.4) is 0 Å². The van der Waals surface area contributed by atoms with Crippen LogP contribution in [-0.2, 0) is 4.74 Å². The fourth-order valence-corrected chi connectivity index (χ4v) is 2.48. The van der Waals surface area contributed by atoms with Crippen LogP contribution in [0.1, 0.15) is 24.9 Å².